The number of sulfonamides is 1. The third-order valence-corrected chi connectivity index (χ3v) is 10.0. The Morgan fingerprint density at radius 1 is 0.783 bits per heavy atom. The lowest BCUT2D eigenvalue weighted by atomic mass is 9.95. The fraction of sp³-hybridized carbons (Fsp3) is 0.297. The first-order valence-electron chi connectivity index (χ1n) is 15.9. The molecule has 1 fully saturated rings. The predicted molar refractivity (Wildman–Crippen MR) is 180 cm³/mol. The first kappa shape index (κ1) is 32.8. The van der Waals surface area contributed by atoms with Gasteiger partial charge in [-0.15, -0.1) is 0 Å². The highest BCUT2D eigenvalue weighted by atomic mass is 32.2. The molecule has 0 aliphatic heterocycles. The molecule has 0 radical (unpaired) electrons. The van der Waals surface area contributed by atoms with Gasteiger partial charge < -0.3 is 15.0 Å². The van der Waals surface area contributed by atoms with Crippen LogP contribution in [0.4, 0.5) is 5.69 Å². The van der Waals surface area contributed by atoms with Gasteiger partial charge in [0.1, 0.15) is 24.1 Å². The molecule has 0 spiro atoms. The standard InChI is InChI=1S/C37H41N3O5S/c1-2-35(37(42)38-30-17-9-4-10-18-30)39(27-29-15-7-3-8-16-29)36(41)28-40(46(43,44)34-21-13-6-14-22-34)31-23-25-33(26-24-31)45-32-19-11-5-12-20-32/h3,5-8,11-16,19-26,30,35H,2,4,9-10,17-18,27-28H2,1H3,(H,38,42)/t35-/m1/s1. The van der Waals surface area contributed by atoms with Crippen molar-refractivity contribution in [3.8, 4) is 11.5 Å². The second-order valence-electron chi connectivity index (χ2n) is 11.5. The summed E-state index contributed by atoms with van der Waals surface area (Å²) in [5, 5.41) is 3.18. The summed E-state index contributed by atoms with van der Waals surface area (Å²) in [6.07, 6.45) is 5.51. The molecule has 9 heteroatoms. The minimum absolute atomic E-state index is 0.0594. The number of hydrogen-bond donors (Lipinski definition) is 1. The monoisotopic (exact) mass is 639 g/mol. The van der Waals surface area contributed by atoms with Crippen LogP contribution in [0.3, 0.4) is 0 Å². The Morgan fingerprint density at radius 2 is 1.35 bits per heavy atom. The first-order chi connectivity index (χ1) is 22.3. The molecular weight excluding hydrogens is 598 g/mol. The van der Waals surface area contributed by atoms with E-state index in [0.29, 0.717) is 23.6 Å². The second kappa shape index (κ2) is 15.6. The van der Waals surface area contributed by atoms with Crippen molar-refractivity contribution in [2.24, 2.45) is 0 Å². The second-order valence-corrected chi connectivity index (χ2v) is 13.4. The SMILES string of the molecule is CC[C@H](C(=O)NC1CCCCC1)N(Cc1ccccc1)C(=O)CN(c1ccc(Oc2ccccc2)cc1)S(=O)(=O)c1ccccc1. The van der Waals surface area contributed by atoms with Gasteiger partial charge in [0.2, 0.25) is 11.8 Å². The molecule has 46 heavy (non-hydrogen) atoms. The molecule has 1 aliphatic carbocycles. The number of amides is 2. The summed E-state index contributed by atoms with van der Waals surface area (Å²) in [5.41, 5.74) is 1.15. The molecule has 4 aromatic carbocycles. The average Bonchev–Trinajstić information content (AvgIpc) is 3.09. The van der Waals surface area contributed by atoms with Crippen LogP contribution < -0.4 is 14.4 Å². The summed E-state index contributed by atoms with van der Waals surface area (Å²) in [6.45, 7) is 1.55. The van der Waals surface area contributed by atoms with Crippen LogP contribution in [-0.4, -0.2) is 43.8 Å². The molecule has 2 amide bonds. The van der Waals surface area contributed by atoms with E-state index in [2.05, 4.69) is 5.32 Å². The van der Waals surface area contributed by atoms with Crippen molar-refractivity contribution < 1.29 is 22.7 Å². The molecule has 1 atom stereocenters. The van der Waals surface area contributed by atoms with Gasteiger partial charge >= 0.3 is 0 Å². The number of benzene rings is 4. The number of ether oxygens (including phenoxy) is 1. The quantitative estimate of drug-likeness (QED) is 0.171. The van der Waals surface area contributed by atoms with Crippen LogP contribution in [0.2, 0.25) is 0 Å². The van der Waals surface area contributed by atoms with Gasteiger partial charge in [0.05, 0.1) is 10.6 Å². The largest absolute Gasteiger partial charge is 0.457 e. The van der Waals surface area contributed by atoms with Gasteiger partial charge in [-0.3, -0.25) is 13.9 Å². The Labute approximate surface area is 272 Å². The fourth-order valence-corrected chi connectivity index (χ4v) is 7.23. The van der Waals surface area contributed by atoms with Crippen molar-refractivity contribution in [1.29, 1.82) is 0 Å². The Bertz CT molecular complexity index is 1660. The molecular formula is C37H41N3O5S. The molecule has 5 rings (SSSR count). The number of carbonyl (C=O) groups is 2. The topological polar surface area (TPSA) is 96.0 Å². The molecule has 4 aromatic rings. The minimum atomic E-state index is -4.16. The van der Waals surface area contributed by atoms with Crippen LogP contribution in [0.15, 0.2) is 120 Å². The average molecular weight is 640 g/mol. The predicted octanol–water partition coefficient (Wildman–Crippen LogP) is 6.93. The van der Waals surface area contributed by atoms with E-state index >= 15 is 0 Å². The summed E-state index contributed by atoms with van der Waals surface area (Å²) in [7, 11) is -4.16. The maximum atomic E-state index is 14.3. The number of para-hydroxylation sites is 1. The molecule has 0 unspecified atom stereocenters. The van der Waals surface area contributed by atoms with Gasteiger partial charge in [0, 0.05) is 12.6 Å². The molecule has 1 saturated carbocycles. The molecule has 240 valence electrons. The molecule has 0 heterocycles. The van der Waals surface area contributed by atoms with Crippen molar-refractivity contribution in [2.75, 3.05) is 10.8 Å². The van der Waals surface area contributed by atoms with Crippen LogP contribution in [0.5, 0.6) is 11.5 Å². The van der Waals surface area contributed by atoms with E-state index in [0.717, 1.165) is 42.0 Å². The third kappa shape index (κ3) is 8.34. The maximum Gasteiger partial charge on any atom is 0.264 e. The molecule has 0 bridgehead atoms. The van der Waals surface area contributed by atoms with Crippen molar-refractivity contribution >= 4 is 27.5 Å². The van der Waals surface area contributed by atoms with Crippen LogP contribution in [0, 0.1) is 0 Å². The van der Waals surface area contributed by atoms with Gasteiger partial charge in [-0.05, 0) is 73.4 Å². The molecule has 0 aromatic heterocycles. The Hall–Kier alpha value is -4.63. The summed E-state index contributed by atoms with van der Waals surface area (Å²) in [6, 6.07) is 32.7. The van der Waals surface area contributed by atoms with Gasteiger partial charge in [-0.2, -0.15) is 0 Å². The highest BCUT2D eigenvalue weighted by molar-refractivity contribution is 7.92. The lowest BCUT2D eigenvalue weighted by Crippen LogP contribution is -2.54. The molecule has 1 N–H and O–H groups in total. The first-order valence-corrected chi connectivity index (χ1v) is 17.3. The smallest absolute Gasteiger partial charge is 0.264 e. The Balaban J connectivity index is 1.46. The number of nitrogens with one attached hydrogen (secondary N) is 1. The zero-order valence-electron chi connectivity index (χ0n) is 26.1. The van der Waals surface area contributed by atoms with E-state index in [-0.39, 0.29) is 23.4 Å². The van der Waals surface area contributed by atoms with Crippen LogP contribution >= 0.6 is 0 Å². The normalized spacial score (nSPS) is 14.2. The highest BCUT2D eigenvalue weighted by Crippen LogP contribution is 2.29. The molecule has 8 nitrogen and oxygen atoms in total. The van der Waals surface area contributed by atoms with Crippen molar-refractivity contribution in [3.63, 3.8) is 0 Å². The summed E-state index contributed by atoms with van der Waals surface area (Å²) >= 11 is 0. The van der Waals surface area contributed by atoms with E-state index in [1.165, 1.54) is 17.0 Å². The van der Waals surface area contributed by atoms with Crippen LogP contribution in [-0.2, 0) is 26.2 Å². The number of hydrogen-bond acceptors (Lipinski definition) is 5. The van der Waals surface area contributed by atoms with Gasteiger partial charge in [-0.25, -0.2) is 8.42 Å². The van der Waals surface area contributed by atoms with Crippen molar-refractivity contribution in [2.45, 2.75) is 69.0 Å². The number of rotatable bonds is 13. The highest BCUT2D eigenvalue weighted by Gasteiger charge is 2.34. The van der Waals surface area contributed by atoms with Crippen molar-refractivity contribution in [3.05, 3.63) is 121 Å². The zero-order chi connectivity index (χ0) is 32.4. The van der Waals surface area contributed by atoms with Gasteiger partial charge in [0.25, 0.3) is 10.0 Å². The maximum absolute atomic E-state index is 14.3. The molecule has 1 aliphatic rings. The van der Waals surface area contributed by atoms with Gasteiger partial charge in [0.15, 0.2) is 0 Å². The summed E-state index contributed by atoms with van der Waals surface area (Å²) in [4.78, 5) is 29.6. The number of carbonyl (C=O) groups excluding carboxylic acids is 2. The summed E-state index contributed by atoms with van der Waals surface area (Å²) < 4.78 is 35.2. The summed E-state index contributed by atoms with van der Waals surface area (Å²) in [5.74, 6) is 0.486. The third-order valence-electron chi connectivity index (χ3n) is 8.25. The number of nitrogens with zero attached hydrogens (tertiary/aromatic N) is 2. The molecule has 0 saturated heterocycles. The van der Waals surface area contributed by atoms with Gasteiger partial charge in [-0.1, -0.05) is 92.9 Å². The van der Waals surface area contributed by atoms with E-state index in [1.54, 1.807) is 42.5 Å². The number of anilines is 1. The Kier molecular flexibility index (Phi) is 11.1. The fourth-order valence-electron chi connectivity index (χ4n) is 5.80. The van der Waals surface area contributed by atoms with E-state index in [4.69, 9.17) is 4.74 Å². The van der Waals surface area contributed by atoms with E-state index in [1.807, 2.05) is 67.6 Å². The lowest BCUT2D eigenvalue weighted by Gasteiger charge is -2.34. The van der Waals surface area contributed by atoms with Crippen molar-refractivity contribution in [1.82, 2.24) is 10.2 Å². The van der Waals surface area contributed by atoms with Crippen LogP contribution in [0.25, 0.3) is 0 Å². The lowest BCUT2D eigenvalue weighted by molar-refractivity contribution is -0.140. The zero-order valence-corrected chi connectivity index (χ0v) is 26.9. The van der Waals surface area contributed by atoms with E-state index in [9.17, 15) is 18.0 Å². The Morgan fingerprint density at radius 3 is 1.96 bits per heavy atom. The van der Waals surface area contributed by atoms with Crippen LogP contribution in [0.1, 0.15) is 51.0 Å². The minimum Gasteiger partial charge on any atom is -0.457 e. The van der Waals surface area contributed by atoms with E-state index < -0.39 is 28.5 Å².